The first kappa shape index (κ1) is 14.6. The highest BCUT2D eigenvalue weighted by Gasteiger charge is 2.08. The number of ether oxygens (including phenoxy) is 1. The van der Waals surface area contributed by atoms with Crippen LogP contribution in [0.25, 0.3) is 0 Å². The van der Waals surface area contributed by atoms with E-state index in [1.54, 1.807) is 0 Å². The van der Waals surface area contributed by atoms with Gasteiger partial charge in [-0.3, -0.25) is 0 Å². The summed E-state index contributed by atoms with van der Waals surface area (Å²) in [5.41, 5.74) is 0. The number of benzene rings is 1. The standard InChI is InChI=1S/C15H23ClN2O/c16-14-5-4-6-15(13-14)19-12-8-17-7-11-18-9-2-1-3-10-18/h4-6,13,17H,1-3,7-12H2. The number of hydrogen-bond donors (Lipinski definition) is 1. The van der Waals surface area contributed by atoms with E-state index in [-0.39, 0.29) is 0 Å². The number of likely N-dealkylation sites (tertiary alicyclic amines) is 1. The van der Waals surface area contributed by atoms with Crippen LogP contribution < -0.4 is 10.1 Å². The predicted octanol–water partition coefficient (Wildman–Crippen LogP) is 2.79. The molecule has 1 aliphatic rings. The Morgan fingerprint density at radius 1 is 1.16 bits per heavy atom. The van der Waals surface area contributed by atoms with Gasteiger partial charge in [-0.05, 0) is 44.1 Å². The molecule has 1 saturated heterocycles. The predicted molar refractivity (Wildman–Crippen MR) is 80.1 cm³/mol. The van der Waals surface area contributed by atoms with E-state index >= 15 is 0 Å². The van der Waals surface area contributed by atoms with Gasteiger partial charge in [-0.15, -0.1) is 0 Å². The van der Waals surface area contributed by atoms with E-state index in [0.29, 0.717) is 6.61 Å². The summed E-state index contributed by atoms with van der Waals surface area (Å²) in [6, 6.07) is 7.53. The number of rotatable bonds is 7. The van der Waals surface area contributed by atoms with Crippen molar-refractivity contribution in [1.29, 1.82) is 0 Å². The zero-order valence-electron chi connectivity index (χ0n) is 11.4. The third kappa shape index (κ3) is 5.81. The maximum atomic E-state index is 5.89. The van der Waals surface area contributed by atoms with Crippen molar-refractivity contribution in [3.8, 4) is 5.75 Å². The number of halogens is 1. The third-order valence-corrected chi connectivity index (χ3v) is 3.63. The fourth-order valence-corrected chi connectivity index (χ4v) is 2.52. The molecule has 0 aliphatic carbocycles. The molecule has 1 aromatic carbocycles. The lowest BCUT2D eigenvalue weighted by molar-refractivity contribution is 0.226. The third-order valence-electron chi connectivity index (χ3n) is 3.40. The zero-order chi connectivity index (χ0) is 13.3. The summed E-state index contributed by atoms with van der Waals surface area (Å²) in [6.45, 7) is 6.28. The van der Waals surface area contributed by atoms with Crippen molar-refractivity contribution in [2.24, 2.45) is 0 Å². The smallest absolute Gasteiger partial charge is 0.120 e. The molecule has 19 heavy (non-hydrogen) atoms. The van der Waals surface area contributed by atoms with Gasteiger partial charge in [0.1, 0.15) is 12.4 Å². The van der Waals surface area contributed by atoms with Gasteiger partial charge in [0.05, 0.1) is 0 Å². The van der Waals surface area contributed by atoms with Crippen LogP contribution in [-0.4, -0.2) is 44.2 Å². The molecule has 0 amide bonds. The Kier molecular flexibility index (Phi) is 6.48. The molecule has 1 fully saturated rings. The maximum absolute atomic E-state index is 5.89. The number of nitrogens with one attached hydrogen (secondary N) is 1. The van der Waals surface area contributed by atoms with E-state index < -0.39 is 0 Å². The van der Waals surface area contributed by atoms with E-state index in [9.17, 15) is 0 Å². The normalized spacial score (nSPS) is 16.5. The summed E-state index contributed by atoms with van der Waals surface area (Å²) in [7, 11) is 0. The largest absolute Gasteiger partial charge is 0.492 e. The van der Waals surface area contributed by atoms with E-state index in [4.69, 9.17) is 16.3 Å². The number of nitrogens with zero attached hydrogens (tertiary/aromatic N) is 1. The van der Waals surface area contributed by atoms with Crippen molar-refractivity contribution >= 4 is 11.6 Å². The molecular weight excluding hydrogens is 260 g/mol. The Hall–Kier alpha value is -0.770. The van der Waals surface area contributed by atoms with E-state index in [1.807, 2.05) is 24.3 Å². The van der Waals surface area contributed by atoms with Gasteiger partial charge in [-0.25, -0.2) is 0 Å². The van der Waals surface area contributed by atoms with Gasteiger partial charge in [0.2, 0.25) is 0 Å². The molecule has 3 nitrogen and oxygen atoms in total. The van der Waals surface area contributed by atoms with E-state index in [2.05, 4.69) is 10.2 Å². The lowest BCUT2D eigenvalue weighted by atomic mass is 10.1. The lowest BCUT2D eigenvalue weighted by Crippen LogP contribution is -2.36. The molecule has 0 aromatic heterocycles. The average molecular weight is 283 g/mol. The van der Waals surface area contributed by atoms with Gasteiger partial charge in [-0.1, -0.05) is 24.1 Å². The van der Waals surface area contributed by atoms with Crippen LogP contribution in [0.4, 0.5) is 0 Å². The summed E-state index contributed by atoms with van der Waals surface area (Å²) in [5, 5.41) is 4.14. The number of hydrogen-bond acceptors (Lipinski definition) is 3. The summed E-state index contributed by atoms with van der Waals surface area (Å²) >= 11 is 5.89. The summed E-state index contributed by atoms with van der Waals surface area (Å²) in [6.07, 6.45) is 4.12. The SMILES string of the molecule is Clc1cccc(OCCNCCN2CCCCC2)c1. The Morgan fingerprint density at radius 2 is 2.00 bits per heavy atom. The Labute approximate surface area is 120 Å². The molecule has 1 N–H and O–H groups in total. The van der Waals surface area contributed by atoms with Gasteiger partial charge in [-0.2, -0.15) is 0 Å². The van der Waals surface area contributed by atoms with Crippen molar-refractivity contribution in [2.75, 3.05) is 39.3 Å². The first-order valence-electron chi connectivity index (χ1n) is 7.16. The fourth-order valence-electron chi connectivity index (χ4n) is 2.34. The van der Waals surface area contributed by atoms with Gasteiger partial charge in [0, 0.05) is 24.7 Å². The molecular formula is C15H23ClN2O. The van der Waals surface area contributed by atoms with Crippen LogP contribution in [0.5, 0.6) is 5.75 Å². The van der Waals surface area contributed by atoms with Crippen molar-refractivity contribution in [1.82, 2.24) is 10.2 Å². The number of piperidine rings is 1. The summed E-state index contributed by atoms with van der Waals surface area (Å²) in [4.78, 5) is 2.54. The van der Waals surface area contributed by atoms with Gasteiger partial charge in [0.15, 0.2) is 0 Å². The molecule has 0 saturated carbocycles. The molecule has 1 aliphatic heterocycles. The Morgan fingerprint density at radius 3 is 2.79 bits per heavy atom. The molecule has 4 heteroatoms. The fraction of sp³-hybridized carbons (Fsp3) is 0.600. The average Bonchev–Trinajstić information content (AvgIpc) is 2.44. The van der Waals surface area contributed by atoms with Gasteiger partial charge < -0.3 is 15.0 Å². The van der Waals surface area contributed by atoms with E-state index in [0.717, 1.165) is 30.4 Å². The van der Waals surface area contributed by atoms with Crippen molar-refractivity contribution in [3.05, 3.63) is 29.3 Å². The Bertz CT molecular complexity index is 367. The quantitative estimate of drug-likeness (QED) is 0.779. The van der Waals surface area contributed by atoms with Crippen LogP contribution in [0.15, 0.2) is 24.3 Å². The van der Waals surface area contributed by atoms with E-state index in [1.165, 1.54) is 32.4 Å². The van der Waals surface area contributed by atoms with Gasteiger partial charge in [0.25, 0.3) is 0 Å². The van der Waals surface area contributed by atoms with Crippen LogP contribution in [0.2, 0.25) is 5.02 Å². The van der Waals surface area contributed by atoms with Crippen LogP contribution in [-0.2, 0) is 0 Å². The molecule has 0 bridgehead atoms. The second-order valence-electron chi connectivity index (χ2n) is 4.96. The van der Waals surface area contributed by atoms with Crippen LogP contribution >= 0.6 is 11.6 Å². The zero-order valence-corrected chi connectivity index (χ0v) is 12.2. The van der Waals surface area contributed by atoms with Crippen molar-refractivity contribution in [3.63, 3.8) is 0 Å². The molecule has 2 rings (SSSR count). The highest BCUT2D eigenvalue weighted by Crippen LogP contribution is 2.16. The minimum atomic E-state index is 0.681. The molecule has 0 atom stereocenters. The van der Waals surface area contributed by atoms with Crippen molar-refractivity contribution < 1.29 is 4.74 Å². The summed E-state index contributed by atoms with van der Waals surface area (Å²) in [5.74, 6) is 0.838. The van der Waals surface area contributed by atoms with Crippen molar-refractivity contribution in [2.45, 2.75) is 19.3 Å². The summed E-state index contributed by atoms with van der Waals surface area (Å²) < 4.78 is 5.62. The second-order valence-corrected chi connectivity index (χ2v) is 5.39. The van der Waals surface area contributed by atoms with Gasteiger partial charge >= 0.3 is 0 Å². The monoisotopic (exact) mass is 282 g/mol. The molecule has 1 heterocycles. The molecule has 0 spiro atoms. The van der Waals surface area contributed by atoms with Crippen LogP contribution in [0, 0.1) is 0 Å². The minimum Gasteiger partial charge on any atom is -0.492 e. The molecule has 1 aromatic rings. The minimum absolute atomic E-state index is 0.681. The highest BCUT2D eigenvalue weighted by molar-refractivity contribution is 6.30. The maximum Gasteiger partial charge on any atom is 0.120 e. The molecule has 0 unspecified atom stereocenters. The first-order valence-corrected chi connectivity index (χ1v) is 7.54. The highest BCUT2D eigenvalue weighted by atomic mass is 35.5. The van der Waals surface area contributed by atoms with Crippen LogP contribution in [0.3, 0.4) is 0 Å². The second kappa shape index (κ2) is 8.41. The molecule has 0 radical (unpaired) electrons. The molecule has 106 valence electrons. The topological polar surface area (TPSA) is 24.5 Å². The first-order chi connectivity index (χ1) is 9.34. The van der Waals surface area contributed by atoms with Crippen LogP contribution in [0.1, 0.15) is 19.3 Å². The Balaban J connectivity index is 1.50. The lowest BCUT2D eigenvalue weighted by Gasteiger charge is -2.26.